The number of likely N-dealkylation sites (N-methyl/N-ethyl adjacent to an activating group) is 2. The Balaban J connectivity index is 4.67. The van der Waals surface area contributed by atoms with Gasteiger partial charge in [0.05, 0.1) is 6.04 Å². The fourth-order valence-corrected chi connectivity index (χ4v) is 5.88. The fourth-order valence-electron chi connectivity index (χ4n) is 5.88. The molecule has 0 bridgehead atoms. The van der Waals surface area contributed by atoms with E-state index >= 15 is 0 Å². The smallest absolute Gasteiger partial charge is 0.409 e. The van der Waals surface area contributed by atoms with Gasteiger partial charge in [-0.05, 0) is 41.0 Å². The van der Waals surface area contributed by atoms with Crippen molar-refractivity contribution in [3.8, 4) is 0 Å². The van der Waals surface area contributed by atoms with Gasteiger partial charge in [-0.3, -0.25) is 9.59 Å². The average molecular weight is 696 g/mol. The van der Waals surface area contributed by atoms with Gasteiger partial charge in [-0.25, -0.2) is 4.79 Å². The predicted octanol–water partition coefficient (Wildman–Crippen LogP) is 8.55. The van der Waals surface area contributed by atoms with E-state index in [0.29, 0.717) is 25.9 Å². The summed E-state index contributed by atoms with van der Waals surface area (Å²) in [6, 6.07) is -0.463. The molecule has 0 radical (unpaired) electrons. The van der Waals surface area contributed by atoms with Crippen molar-refractivity contribution in [1.82, 2.24) is 25.3 Å². The molecule has 9 heteroatoms. The minimum atomic E-state index is -0.463. The van der Waals surface area contributed by atoms with E-state index in [1.54, 1.807) is 4.90 Å². The van der Waals surface area contributed by atoms with Gasteiger partial charge < -0.3 is 30.1 Å². The van der Waals surface area contributed by atoms with Gasteiger partial charge in [0.15, 0.2) is 0 Å². The third-order valence-corrected chi connectivity index (χ3v) is 9.23. The second kappa shape index (κ2) is 34.6. The van der Waals surface area contributed by atoms with Gasteiger partial charge in [-0.1, -0.05) is 142 Å². The topological polar surface area (TPSA) is 94.2 Å². The minimum Gasteiger partial charge on any atom is -0.447 e. The van der Waals surface area contributed by atoms with Crippen molar-refractivity contribution in [3.05, 3.63) is 0 Å². The van der Waals surface area contributed by atoms with Crippen molar-refractivity contribution in [1.29, 1.82) is 0 Å². The summed E-state index contributed by atoms with van der Waals surface area (Å²) in [5.74, 6) is -0.0564. The van der Waals surface area contributed by atoms with Crippen LogP contribution >= 0.6 is 0 Å². The molecule has 1 unspecified atom stereocenters. The lowest BCUT2D eigenvalue weighted by Gasteiger charge is -2.26. The van der Waals surface area contributed by atoms with Crippen LogP contribution in [0.5, 0.6) is 0 Å². The molecule has 0 aromatic carbocycles. The number of amides is 3. The van der Waals surface area contributed by atoms with E-state index in [9.17, 15) is 14.4 Å². The third kappa shape index (κ3) is 33.1. The highest BCUT2D eigenvalue weighted by molar-refractivity contribution is 5.77. The molecule has 2 N–H and O–H groups in total. The van der Waals surface area contributed by atoms with E-state index < -0.39 is 6.04 Å². The fraction of sp³-hybridized carbons (Fsp3) is 0.925. The Bertz CT molecular complexity index is 768. The molecule has 290 valence electrons. The second-order valence-electron chi connectivity index (χ2n) is 14.8. The van der Waals surface area contributed by atoms with Crippen LogP contribution in [-0.4, -0.2) is 106 Å². The number of carbonyl (C=O) groups excluding carboxylic acids is 3. The Kier molecular flexibility index (Phi) is 33.3. The molecule has 0 aromatic rings. The van der Waals surface area contributed by atoms with Crippen LogP contribution < -0.4 is 10.6 Å². The molecule has 49 heavy (non-hydrogen) atoms. The molecule has 0 aliphatic carbocycles. The zero-order chi connectivity index (χ0) is 36.4. The normalized spacial score (nSPS) is 12.0. The Hall–Kier alpha value is -1.87. The Morgan fingerprint density at radius 2 is 0.878 bits per heavy atom. The summed E-state index contributed by atoms with van der Waals surface area (Å²) >= 11 is 0. The first-order valence-corrected chi connectivity index (χ1v) is 20.5. The molecule has 0 aliphatic rings. The van der Waals surface area contributed by atoms with Gasteiger partial charge >= 0.3 is 6.09 Å². The van der Waals surface area contributed by atoms with Crippen molar-refractivity contribution < 1.29 is 19.1 Å². The second-order valence-corrected chi connectivity index (χ2v) is 14.8. The van der Waals surface area contributed by atoms with Gasteiger partial charge in [-0.2, -0.15) is 0 Å². The predicted molar refractivity (Wildman–Crippen MR) is 207 cm³/mol. The lowest BCUT2D eigenvalue weighted by Crippen LogP contribution is -2.48. The van der Waals surface area contributed by atoms with Gasteiger partial charge in [-0.15, -0.1) is 0 Å². The number of nitrogens with zero attached hydrogens (tertiary/aromatic N) is 3. The molecule has 0 rings (SSSR count). The van der Waals surface area contributed by atoms with E-state index in [4.69, 9.17) is 4.74 Å². The molecule has 0 heterocycles. The molecule has 0 saturated carbocycles. The van der Waals surface area contributed by atoms with E-state index in [1.165, 1.54) is 109 Å². The molecule has 0 fully saturated rings. The SMILES string of the molecule is CCCCCCCCCCCCCC(=O)NCC(COC(=O)N(CCN(C)C)CCN(C)C)NC(=O)CCCCCCCCCCCCC. The van der Waals surface area contributed by atoms with Crippen molar-refractivity contribution in [2.45, 2.75) is 174 Å². The largest absolute Gasteiger partial charge is 0.447 e. The molecule has 0 spiro atoms. The molecular weight excluding hydrogens is 614 g/mol. The highest BCUT2D eigenvalue weighted by Gasteiger charge is 2.20. The zero-order valence-corrected chi connectivity index (χ0v) is 33.3. The number of hydrogen-bond donors (Lipinski definition) is 2. The Labute approximate surface area is 303 Å². The van der Waals surface area contributed by atoms with Crippen LogP contribution in [-0.2, 0) is 14.3 Å². The monoisotopic (exact) mass is 696 g/mol. The van der Waals surface area contributed by atoms with Gasteiger partial charge in [0, 0.05) is 45.6 Å². The summed E-state index contributed by atoms with van der Waals surface area (Å²) in [5.41, 5.74) is 0. The highest BCUT2D eigenvalue weighted by atomic mass is 16.6. The number of carbonyl (C=O) groups is 3. The van der Waals surface area contributed by atoms with Crippen LogP contribution in [0.25, 0.3) is 0 Å². The first-order chi connectivity index (χ1) is 23.7. The Morgan fingerprint density at radius 1 is 0.510 bits per heavy atom. The summed E-state index contributed by atoms with van der Waals surface area (Å²) in [4.78, 5) is 44.4. The molecular formula is C40H81N5O4. The summed E-state index contributed by atoms with van der Waals surface area (Å²) in [6.45, 7) is 7.38. The number of rotatable bonds is 35. The van der Waals surface area contributed by atoms with Gasteiger partial charge in [0.2, 0.25) is 11.8 Å². The van der Waals surface area contributed by atoms with Crippen molar-refractivity contribution >= 4 is 17.9 Å². The van der Waals surface area contributed by atoms with E-state index in [1.807, 2.05) is 38.0 Å². The summed E-state index contributed by atoms with van der Waals surface area (Å²) in [6.07, 6.45) is 27.8. The minimum absolute atomic E-state index is 0.00884. The first-order valence-electron chi connectivity index (χ1n) is 20.5. The maximum Gasteiger partial charge on any atom is 0.409 e. The number of unbranched alkanes of at least 4 members (excludes halogenated alkanes) is 20. The molecule has 1 atom stereocenters. The van der Waals surface area contributed by atoms with Crippen molar-refractivity contribution in [2.24, 2.45) is 0 Å². The average Bonchev–Trinajstić information content (AvgIpc) is 3.06. The number of ether oxygens (including phenoxy) is 1. The van der Waals surface area contributed by atoms with E-state index in [2.05, 4.69) is 24.5 Å². The lowest BCUT2D eigenvalue weighted by molar-refractivity contribution is -0.124. The molecule has 3 amide bonds. The molecule has 0 aliphatic heterocycles. The van der Waals surface area contributed by atoms with Crippen LogP contribution in [0.15, 0.2) is 0 Å². The maximum atomic E-state index is 13.1. The van der Waals surface area contributed by atoms with Crippen LogP contribution in [0, 0.1) is 0 Å². The van der Waals surface area contributed by atoms with Crippen LogP contribution in [0.2, 0.25) is 0 Å². The van der Waals surface area contributed by atoms with Crippen LogP contribution in [0.1, 0.15) is 168 Å². The van der Waals surface area contributed by atoms with Crippen LogP contribution in [0.4, 0.5) is 4.79 Å². The number of nitrogens with one attached hydrogen (secondary N) is 2. The molecule has 9 nitrogen and oxygen atoms in total. The Morgan fingerprint density at radius 3 is 1.27 bits per heavy atom. The van der Waals surface area contributed by atoms with E-state index in [-0.39, 0.29) is 31.1 Å². The highest BCUT2D eigenvalue weighted by Crippen LogP contribution is 2.13. The molecule has 0 saturated heterocycles. The number of hydrogen-bond acceptors (Lipinski definition) is 6. The van der Waals surface area contributed by atoms with Gasteiger partial charge in [0.1, 0.15) is 6.61 Å². The zero-order valence-electron chi connectivity index (χ0n) is 33.3. The first kappa shape index (κ1) is 47.1. The third-order valence-electron chi connectivity index (χ3n) is 9.23. The summed E-state index contributed by atoms with van der Waals surface area (Å²) in [7, 11) is 7.93. The van der Waals surface area contributed by atoms with Crippen molar-refractivity contribution in [2.75, 3.05) is 67.5 Å². The summed E-state index contributed by atoms with van der Waals surface area (Å²) in [5, 5.41) is 6.05. The summed E-state index contributed by atoms with van der Waals surface area (Å²) < 4.78 is 5.73. The standard InChI is InChI=1S/C40H81N5O4/c1-7-9-11-13-15-17-19-21-23-25-27-29-38(46)41-35-37(36-49-40(48)45(33-31-43(3)4)34-32-44(5)6)42-39(47)30-28-26-24-22-20-18-16-14-12-10-8-2/h37H,7-36H2,1-6H3,(H,41,46)(H,42,47). The van der Waals surface area contributed by atoms with E-state index in [0.717, 1.165) is 45.2 Å². The molecule has 0 aromatic heterocycles. The van der Waals surface area contributed by atoms with Crippen molar-refractivity contribution in [3.63, 3.8) is 0 Å². The van der Waals surface area contributed by atoms with Crippen LogP contribution in [0.3, 0.4) is 0 Å². The lowest BCUT2D eigenvalue weighted by atomic mass is 10.1. The van der Waals surface area contributed by atoms with Gasteiger partial charge in [0.25, 0.3) is 0 Å². The maximum absolute atomic E-state index is 13.1. The quantitative estimate of drug-likeness (QED) is 0.0646.